The predicted molar refractivity (Wildman–Crippen MR) is 154 cm³/mol. The fourth-order valence-corrected chi connectivity index (χ4v) is 6.28. The van der Waals surface area contributed by atoms with Gasteiger partial charge < -0.3 is 14.2 Å². The van der Waals surface area contributed by atoms with Crippen molar-refractivity contribution in [1.82, 2.24) is 9.38 Å². The van der Waals surface area contributed by atoms with Crippen LogP contribution in [-0.2, 0) is 10.1 Å². The van der Waals surface area contributed by atoms with E-state index in [1.807, 2.05) is 43.5 Å². The highest BCUT2D eigenvalue weighted by Gasteiger charge is 2.23. The van der Waals surface area contributed by atoms with Crippen molar-refractivity contribution in [3.63, 3.8) is 0 Å². The van der Waals surface area contributed by atoms with Crippen LogP contribution in [0.2, 0.25) is 0 Å². The van der Waals surface area contributed by atoms with E-state index in [0.717, 1.165) is 51.9 Å². The second-order valence-corrected chi connectivity index (χ2v) is 11.7. The van der Waals surface area contributed by atoms with Gasteiger partial charge in [-0.1, -0.05) is 49.6 Å². The highest BCUT2D eigenvalue weighted by Crippen LogP contribution is 2.38. The molecule has 0 aliphatic heterocycles. The summed E-state index contributed by atoms with van der Waals surface area (Å²) in [6.07, 6.45) is 8.00. The third kappa shape index (κ3) is 5.04. The lowest BCUT2D eigenvalue weighted by Crippen LogP contribution is -2.23. The minimum atomic E-state index is -4.08. The molecule has 5 aromatic rings. The maximum absolute atomic E-state index is 13.2. The van der Waals surface area contributed by atoms with Crippen molar-refractivity contribution in [3.8, 4) is 22.8 Å². The number of aromatic nitrogens is 2. The summed E-state index contributed by atoms with van der Waals surface area (Å²) in [6.45, 7) is 2.05. The molecule has 1 aliphatic rings. The number of benzene rings is 3. The molecule has 1 N–H and O–H groups in total. The van der Waals surface area contributed by atoms with Gasteiger partial charge in [-0.05, 0) is 78.6 Å². The smallest absolute Gasteiger partial charge is 0.339 e. The Kier molecular flexibility index (Phi) is 6.64. The lowest BCUT2D eigenvalue weighted by molar-refractivity contribution is 0.391. The molecule has 0 spiro atoms. The molecule has 39 heavy (non-hydrogen) atoms. The molecule has 1 aliphatic carbocycles. The molecule has 0 atom stereocenters. The second-order valence-electron chi connectivity index (χ2n) is 10.1. The summed E-state index contributed by atoms with van der Waals surface area (Å²) in [7, 11) is -2.58. The van der Waals surface area contributed by atoms with Crippen molar-refractivity contribution in [2.45, 2.75) is 50.0 Å². The van der Waals surface area contributed by atoms with Crippen LogP contribution < -0.4 is 14.2 Å². The molecule has 3 aromatic carbocycles. The molecule has 0 unspecified atom stereocenters. The van der Waals surface area contributed by atoms with Crippen LogP contribution in [0.1, 0.15) is 37.7 Å². The Hall–Kier alpha value is -4.04. The number of imidazole rings is 1. The Bertz CT molecular complexity index is 1770. The van der Waals surface area contributed by atoms with E-state index in [1.54, 1.807) is 30.3 Å². The number of aryl methyl sites for hydroxylation is 1. The number of rotatable bonds is 7. The van der Waals surface area contributed by atoms with Gasteiger partial charge in [0.1, 0.15) is 22.1 Å². The lowest BCUT2D eigenvalue weighted by atomic mass is 9.95. The van der Waals surface area contributed by atoms with Gasteiger partial charge in [-0.2, -0.15) is 8.42 Å². The van der Waals surface area contributed by atoms with Crippen molar-refractivity contribution in [3.05, 3.63) is 84.6 Å². The van der Waals surface area contributed by atoms with Gasteiger partial charge in [0.05, 0.1) is 7.11 Å². The number of nitrogens with one attached hydrogen (secondary N) is 1. The van der Waals surface area contributed by atoms with Crippen LogP contribution in [-0.4, -0.2) is 31.0 Å². The molecular formula is C31H31N3O4S. The van der Waals surface area contributed by atoms with Crippen molar-refractivity contribution in [2.24, 2.45) is 0 Å². The van der Waals surface area contributed by atoms with Gasteiger partial charge in [-0.3, -0.25) is 4.40 Å². The fourth-order valence-electron chi connectivity index (χ4n) is 5.30. The minimum Gasteiger partial charge on any atom is -0.493 e. The highest BCUT2D eigenvalue weighted by molar-refractivity contribution is 7.87. The summed E-state index contributed by atoms with van der Waals surface area (Å²) in [5.41, 5.74) is 3.57. The molecular weight excluding hydrogens is 510 g/mol. The number of hydrogen-bond acceptors (Lipinski definition) is 6. The van der Waals surface area contributed by atoms with Gasteiger partial charge in [-0.25, -0.2) is 4.98 Å². The van der Waals surface area contributed by atoms with Crippen LogP contribution in [0.3, 0.4) is 0 Å². The SMILES string of the molecule is COc1cc(-c2nc3cc(C)ccn3c2NC2CCCCC2)ccc1OS(=O)(=O)c1ccc2ccccc2c1. The van der Waals surface area contributed by atoms with Crippen LogP contribution in [0.4, 0.5) is 5.82 Å². The second kappa shape index (κ2) is 10.3. The first kappa shape index (κ1) is 25.2. The van der Waals surface area contributed by atoms with E-state index in [9.17, 15) is 8.42 Å². The average molecular weight is 542 g/mol. The van der Waals surface area contributed by atoms with Crippen molar-refractivity contribution < 1.29 is 17.3 Å². The molecule has 2 heterocycles. The zero-order chi connectivity index (χ0) is 27.0. The molecule has 6 rings (SSSR count). The van der Waals surface area contributed by atoms with E-state index < -0.39 is 10.1 Å². The molecule has 0 bridgehead atoms. The van der Waals surface area contributed by atoms with Crippen LogP contribution in [0, 0.1) is 6.92 Å². The molecule has 0 amide bonds. The van der Waals surface area contributed by atoms with Gasteiger partial charge in [0.25, 0.3) is 0 Å². The average Bonchev–Trinajstić information content (AvgIpc) is 3.30. The highest BCUT2D eigenvalue weighted by atomic mass is 32.2. The number of ether oxygens (including phenoxy) is 1. The Morgan fingerprint density at radius 1 is 0.897 bits per heavy atom. The van der Waals surface area contributed by atoms with E-state index in [-0.39, 0.29) is 10.6 Å². The zero-order valence-electron chi connectivity index (χ0n) is 22.1. The summed E-state index contributed by atoms with van der Waals surface area (Å²) >= 11 is 0. The van der Waals surface area contributed by atoms with E-state index in [4.69, 9.17) is 13.9 Å². The van der Waals surface area contributed by atoms with Crippen molar-refractivity contribution >= 4 is 32.4 Å². The Labute approximate surface area is 228 Å². The Morgan fingerprint density at radius 3 is 2.49 bits per heavy atom. The molecule has 0 radical (unpaired) electrons. The summed E-state index contributed by atoms with van der Waals surface area (Å²) in [4.78, 5) is 5.04. The molecule has 1 saturated carbocycles. The van der Waals surface area contributed by atoms with Crippen LogP contribution in [0.5, 0.6) is 11.5 Å². The first-order valence-electron chi connectivity index (χ1n) is 13.3. The van der Waals surface area contributed by atoms with Gasteiger partial charge >= 0.3 is 10.1 Å². The Balaban J connectivity index is 1.36. The van der Waals surface area contributed by atoms with Crippen LogP contribution >= 0.6 is 0 Å². The topological polar surface area (TPSA) is 81.9 Å². The monoisotopic (exact) mass is 541 g/mol. The maximum Gasteiger partial charge on any atom is 0.339 e. The molecule has 8 heteroatoms. The van der Waals surface area contributed by atoms with Crippen molar-refractivity contribution in [2.75, 3.05) is 12.4 Å². The lowest BCUT2D eigenvalue weighted by Gasteiger charge is -2.24. The molecule has 0 saturated heterocycles. The normalized spacial score (nSPS) is 14.5. The van der Waals surface area contributed by atoms with Gasteiger partial charge in [-0.15, -0.1) is 0 Å². The maximum atomic E-state index is 13.2. The van der Waals surface area contributed by atoms with E-state index in [2.05, 4.69) is 21.9 Å². The quantitative estimate of drug-likeness (QED) is 0.224. The molecule has 200 valence electrons. The number of pyridine rings is 1. The number of methoxy groups -OCH3 is 1. The molecule has 2 aromatic heterocycles. The number of nitrogens with zero attached hydrogens (tertiary/aromatic N) is 2. The van der Waals surface area contributed by atoms with Gasteiger partial charge in [0.15, 0.2) is 11.5 Å². The molecule has 7 nitrogen and oxygen atoms in total. The number of anilines is 1. The van der Waals surface area contributed by atoms with Crippen LogP contribution in [0.15, 0.2) is 83.9 Å². The fraction of sp³-hybridized carbons (Fsp3) is 0.258. The zero-order valence-corrected chi connectivity index (χ0v) is 22.9. The number of hydrogen-bond donors (Lipinski definition) is 1. The third-order valence-electron chi connectivity index (χ3n) is 7.37. The number of fused-ring (bicyclic) bond motifs is 2. The van der Waals surface area contributed by atoms with E-state index in [0.29, 0.717) is 11.8 Å². The van der Waals surface area contributed by atoms with Crippen LogP contribution in [0.25, 0.3) is 27.7 Å². The van der Waals surface area contributed by atoms with Gasteiger partial charge in [0.2, 0.25) is 0 Å². The summed E-state index contributed by atoms with van der Waals surface area (Å²) in [6, 6.07) is 22.3. The summed E-state index contributed by atoms with van der Waals surface area (Å²) < 4.78 is 39.6. The standard InChI is InChI=1S/C31H31N3O4S/c1-21-16-17-34-29(18-21)33-30(31(34)32-25-10-4-3-5-11-25)24-13-15-27(28(20-24)37-2)38-39(35,36)26-14-12-22-8-6-7-9-23(22)19-26/h6-9,12-20,25,32H,3-5,10-11H2,1-2H3. The summed E-state index contributed by atoms with van der Waals surface area (Å²) in [5, 5.41) is 5.53. The summed E-state index contributed by atoms with van der Waals surface area (Å²) in [5.74, 6) is 1.36. The first-order chi connectivity index (χ1) is 18.9. The molecule has 1 fully saturated rings. The van der Waals surface area contributed by atoms with Crippen molar-refractivity contribution in [1.29, 1.82) is 0 Å². The van der Waals surface area contributed by atoms with E-state index in [1.165, 1.54) is 26.4 Å². The first-order valence-corrected chi connectivity index (χ1v) is 14.7. The Morgan fingerprint density at radius 2 is 1.69 bits per heavy atom. The third-order valence-corrected chi connectivity index (χ3v) is 8.60. The largest absolute Gasteiger partial charge is 0.493 e. The predicted octanol–water partition coefficient (Wildman–Crippen LogP) is 6.98. The minimum absolute atomic E-state index is 0.0852. The van der Waals surface area contributed by atoms with E-state index >= 15 is 0 Å². The van der Waals surface area contributed by atoms with Gasteiger partial charge in [0, 0.05) is 17.8 Å².